The van der Waals surface area contributed by atoms with E-state index in [4.69, 9.17) is 0 Å². The molecule has 6 rings (SSSR count). The zero-order chi connectivity index (χ0) is 22.7. The monoisotopic (exact) mass is 590 g/mol. The Balaban J connectivity index is 1.41. The molecule has 0 spiro atoms. The summed E-state index contributed by atoms with van der Waals surface area (Å²) in [6, 6.07) is 0. The molecule has 0 aromatic carbocycles. The van der Waals surface area contributed by atoms with E-state index in [1.54, 1.807) is 0 Å². The van der Waals surface area contributed by atoms with Crippen LogP contribution in [-0.2, 0) is 0 Å². The first-order valence-corrected chi connectivity index (χ1v) is 18.3. The Kier molecular flexibility index (Phi) is 8.45. The number of hydrogen-bond acceptors (Lipinski definition) is 8. The number of hydrogen-bond donors (Lipinski definition) is 0. The maximum absolute atomic E-state index is 2.40. The lowest BCUT2D eigenvalue weighted by Gasteiger charge is -2.12. The zero-order valence-electron chi connectivity index (χ0n) is 18.3. The second-order valence-electron chi connectivity index (χ2n) is 7.77. The van der Waals surface area contributed by atoms with E-state index in [1.807, 2.05) is 94.1 Å². The van der Waals surface area contributed by atoms with Gasteiger partial charge in [-0.3, -0.25) is 0 Å². The van der Waals surface area contributed by atoms with Gasteiger partial charge < -0.3 is 0 Å². The van der Waals surface area contributed by atoms with Crippen molar-refractivity contribution >= 4 is 94.1 Å². The minimum Gasteiger partial charge on any atom is -0.116 e. The average Bonchev–Trinajstić information content (AvgIpc) is 3.67. The molecule has 0 aromatic rings. The molecule has 0 saturated carbocycles. The highest BCUT2D eigenvalue weighted by Crippen LogP contribution is 2.64. The highest BCUT2D eigenvalue weighted by molar-refractivity contribution is 8.42. The molecule has 2 aliphatic carbocycles. The molecule has 0 saturated heterocycles. The van der Waals surface area contributed by atoms with E-state index in [-0.39, 0.29) is 0 Å². The number of allylic oxidation sites excluding steroid dienone is 14. The number of thioether (sulfide) groups is 8. The zero-order valence-corrected chi connectivity index (χ0v) is 24.8. The quantitative estimate of drug-likeness (QED) is 0.306. The Labute approximate surface area is 236 Å². The van der Waals surface area contributed by atoms with Crippen LogP contribution in [0.3, 0.4) is 0 Å². The van der Waals surface area contributed by atoms with Gasteiger partial charge in [0.05, 0.1) is 25.4 Å². The van der Waals surface area contributed by atoms with E-state index in [9.17, 15) is 0 Å². The molecular formula is C26H22S8. The van der Waals surface area contributed by atoms with Crippen molar-refractivity contribution in [2.75, 3.05) is 23.0 Å². The van der Waals surface area contributed by atoms with Crippen molar-refractivity contribution in [3.63, 3.8) is 0 Å². The molecule has 0 atom stereocenters. The van der Waals surface area contributed by atoms with E-state index < -0.39 is 0 Å². The third-order valence-corrected chi connectivity index (χ3v) is 17.1. The summed E-state index contributed by atoms with van der Waals surface area (Å²) in [7, 11) is 0. The molecule has 174 valence electrons. The molecule has 8 heteroatoms. The molecule has 4 aliphatic heterocycles. The van der Waals surface area contributed by atoms with Gasteiger partial charge in [-0.05, 0) is 24.0 Å². The van der Waals surface area contributed by atoms with Gasteiger partial charge in [0, 0.05) is 34.2 Å². The van der Waals surface area contributed by atoms with Crippen molar-refractivity contribution in [3.8, 4) is 0 Å². The third-order valence-electron chi connectivity index (χ3n) is 5.43. The van der Waals surface area contributed by atoms with Gasteiger partial charge in [0.25, 0.3) is 0 Å². The van der Waals surface area contributed by atoms with Gasteiger partial charge in [0.2, 0.25) is 0 Å². The van der Waals surface area contributed by atoms with Crippen LogP contribution in [0.1, 0.15) is 12.8 Å². The smallest absolute Gasteiger partial charge is 0.0660 e. The van der Waals surface area contributed by atoms with Crippen LogP contribution in [0.25, 0.3) is 0 Å². The van der Waals surface area contributed by atoms with Gasteiger partial charge in [-0.1, -0.05) is 108 Å². The van der Waals surface area contributed by atoms with Crippen LogP contribution in [0.4, 0.5) is 0 Å². The van der Waals surface area contributed by atoms with E-state index >= 15 is 0 Å². The van der Waals surface area contributed by atoms with Crippen LogP contribution in [0, 0.1) is 0 Å². The van der Waals surface area contributed by atoms with Crippen molar-refractivity contribution in [3.05, 3.63) is 108 Å². The lowest BCUT2D eigenvalue weighted by atomic mass is 10.1. The second kappa shape index (κ2) is 11.7. The molecule has 0 aromatic heterocycles. The Bertz CT molecular complexity index is 1070. The number of rotatable bonds is 5. The lowest BCUT2D eigenvalue weighted by Crippen LogP contribution is -1.90. The van der Waals surface area contributed by atoms with Gasteiger partial charge >= 0.3 is 0 Å². The van der Waals surface area contributed by atoms with Crippen molar-refractivity contribution in [1.29, 1.82) is 0 Å². The minimum absolute atomic E-state index is 1.03. The summed E-state index contributed by atoms with van der Waals surface area (Å²) in [4.78, 5) is 0. The summed E-state index contributed by atoms with van der Waals surface area (Å²) in [5.41, 5.74) is 5.54. The average molecular weight is 591 g/mol. The van der Waals surface area contributed by atoms with Crippen LogP contribution in [0.15, 0.2) is 108 Å². The van der Waals surface area contributed by atoms with E-state index in [0.29, 0.717) is 0 Å². The van der Waals surface area contributed by atoms with E-state index in [2.05, 4.69) is 60.8 Å². The van der Waals surface area contributed by atoms with E-state index in [1.165, 1.54) is 70.7 Å². The standard InChI is InChI=1S/C26H22S8/c1-2-6-17(5-1)9-11-19(21-31-23-24(32-21)28-14-13-27-23)20(12-10-18-7-3-4-8-18)22-33-25-26(34-22)30-16-15-29-25/h1-5,7,9-12H,6,8,13-16H2/b11-9+,12-10+. The molecule has 4 heterocycles. The fraction of sp³-hybridized carbons (Fsp3) is 0.231. The first kappa shape index (κ1) is 24.5. The molecule has 0 fully saturated rings. The highest BCUT2D eigenvalue weighted by Gasteiger charge is 2.31. The molecule has 0 radical (unpaired) electrons. The Morgan fingerprint density at radius 1 is 0.559 bits per heavy atom. The van der Waals surface area contributed by atoms with Crippen LogP contribution in [0.2, 0.25) is 0 Å². The van der Waals surface area contributed by atoms with Gasteiger partial charge in [-0.25, -0.2) is 0 Å². The summed E-state index contributed by atoms with van der Waals surface area (Å²) in [5.74, 6) is 4.89. The Morgan fingerprint density at radius 2 is 0.941 bits per heavy atom. The predicted molar refractivity (Wildman–Crippen MR) is 170 cm³/mol. The van der Waals surface area contributed by atoms with Crippen LogP contribution >= 0.6 is 94.1 Å². The molecule has 0 bridgehead atoms. The normalized spacial score (nSPS) is 24.1. The van der Waals surface area contributed by atoms with Crippen LogP contribution in [-0.4, -0.2) is 23.0 Å². The minimum atomic E-state index is 1.03. The topological polar surface area (TPSA) is 0 Å². The van der Waals surface area contributed by atoms with Gasteiger partial charge in [0.15, 0.2) is 0 Å². The van der Waals surface area contributed by atoms with Gasteiger partial charge in [0.1, 0.15) is 0 Å². The Hall–Kier alpha value is 0.200. The van der Waals surface area contributed by atoms with Gasteiger partial charge in [-0.2, -0.15) is 0 Å². The highest BCUT2D eigenvalue weighted by atomic mass is 32.3. The summed E-state index contributed by atoms with van der Waals surface area (Å²) < 4.78 is 8.91. The second-order valence-corrected chi connectivity index (χ2v) is 17.8. The molecule has 34 heavy (non-hydrogen) atoms. The first-order chi connectivity index (χ1) is 16.8. The molecule has 0 nitrogen and oxygen atoms in total. The molecule has 0 unspecified atom stereocenters. The summed E-state index contributed by atoms with van der Waals surface area (Å²) in [6.45, 7) is 0. The largest absolute Gasteiger partial charge is 0.116 e. The fourth-order valence-corrected chi connectivity index (χ4v) is 15.8. The fourth-order valence-electron chi connectivity index (χ4n) is 3.75. The van der Waals surface area contributed by atoms with Crippen molar-refractivity contribution < 1.29 is 0 Å². The van der Waals surface area contributed by atoms with Crippen LogP contribution < -0.4 is 0 Å². The molecule has 0 N–H and O–H groups in total. The summed E-state index contributed by atoms with van der Waals surface area (Å²) >= 11 is 16.1. The van der Waals surface area contributed by atoms with Gasteiger partial charge in [-0.15, -0.1) is 47.0 Å². The van der Waals surface area contributed by atoms with E-state index in [0.717, 1.165) is 12.8 Å². The molecule has 0 amide bonds. The van der Waals surface area contributed by atoms with Crippen molar-refractivity contribution in [2.45, 2.75) is 12.8 Å². The third kappa shape index (κ3) is 5.69. The Morgan fingerprint density at radius 3 is 1.26 bits per heavy atom. The maximum Gasteiger partial charge on any atom is 0.0660 e. The molecular weight excluding hydrogens is 569 g/mol. The maximum atomic E-state index is 2.40. The van der Waals surface area contributed by atoms with Crippen molar-refractivity contribution in [2.24, 2.45) is 0 Å². The first-order valence-electron chi connectivity index (χ1n) is 11.1. The van der Waals surface area contributed by atoms with Crippen LogP contribution in [0.5, 0.6) is 0 Å². The molecule has 6 aliphatic rings. The SMILES string of the molecule is C1=CCC(/C=C/C(=C2SC3=C(SCCS3)S2)C(/C=C/C2=CC=CC2)=C2SC3=C(SCCS3)S2)=C1. The van der Waals surface area contributed by atoms with Crippen molar-refractivity contribution in [1.82, 2.24) is 0 Å². The lowest BCUT2D eigenvalue weighted by molar-refractivity contribution is 1.32. The predicted octanol–water partition coefficient (Wildman–Crippen LogP) is 10.5. The summed E-state index contributed by atoms with van der Waals surface area (Å²) in [5, 5.41) is 0. The summed E-state index contributed by atoms with van der Waals surface area (Å²) in [6.07, 6.45) is 24.9.